The fourth-order valence-corrected chi connectivity index (χ4v) is 4.79. The van der Waals surface area contributed by atoms with Crippen LogP contribution in [-0.2, 0) is 27.9 Å². The maximum absolute atomic E-state index is 14.5. The van der Waals surface area contributed by atoms with Crippen molar-refractivity contribution in [2.24, 2.45) is 16.5 Å². The number of amides is 1. The van der Waals surface area contributed by atoms with Crippen molar-refractivity contribution in [3.63, 3.8) is 0 Å². The number of carbonyl (C=O) groups excluding carboxylic acids is 1. The summed E-state index contributed by atoms with van der Waals surface area (Å²) in [7, 11) is -4.56. The molecule has 1 amide bonds. The van der Waals surface area contributed by atoms with Gasteiger partial charge in [-0.05, 0) is 12.1 Å². The van der Waals surface area contributed by atoms with Gasteiger partial charge in [0.05, 0.1) is 17.0 Å². The zero-order chi connectivity index (χ0) is 25.8. The number of thiazole rings is 1. The molecule has 1 aromatic carbocycles. The van der Waals surface area contributed by atoms with E-state index in [1.165, 1.54) is 4.57 Å². The first kappa shape index (κ1) is 25.5. The van der Waals surface area contributed by atoms with Crippen LogP contribution in [0.25, 0.3) is 0 Å². The number of imidazole rings is 1. The topological polar surface area (TPSA) is 199 Å². The van der Waals surface area contributed by atoms with Crippen molar-refractivity contribution in [3.8, 4) is 0 Å². The molecule has 0 saturated carbocycles. The number of hydrogen-bond acceptors (Lipinski definition) is 7. The van der Waals surface area contributed by atoms with E-state index in [-0.39, 0.29) is 17.5 Å². The summed E-state index contributed by atoms with van der Waals surface area (Å²) in [4.78, 5) is 29.9. The Kier molecular flexibility index (Phi) is 7.60. The lowest BCUT2D eigenvalue weighted by Crippen LogP contribution is -2.38. The number of guanidine groups is 1. The smallest absolute Gasteiger partial charge is 0.357 e. The number of nitrogens with two attached hydrogens (primary N) is 2. The minimum absolute atomic E-state index is 0.0587. The number of benzene rings is 1. The van der Waals surface area contributed by atoms with E-state index in [0.717, 1.165) is 5.51 Å². The number of hydrogen-bond donors (Lipinski definition) is 5. The molecule has 0 atom stereocenters. The Bertz CT molecular complexity index is 1380. The van der Waals surface area contributed by atoms with Gasteiger partial charge in [-0.3, -0.25) is 9.52 Å². The SMILES string of the molecule is NC(N)=NCCn1cc[n+](CC(=O)Nc2c(F)cc(S(=O)(=O)Nc3scnc3C(=O)O)cc2F)c1. The van der Waals surface area contributed by atoms with Crippen molar-refractivity contribution in [1.82, 2.24) is 9.55 Å². The minimum Gasteiger partial charge on any atom is -0.476 e. The van der Waals surface area contributed by atoms with Crippen molar-refractivity contribution < 1.29 is 36.5 Å². The molecule has 0 aliphatic heterocycles. The molecule has 2 aromatic heterocycles. The molecule has 0 radical (unpaired) electrons. The van der Waals surface area contributed by atoms with Crippen LogP contribution in [-0.4, -0.2) is 47.5 Å². The van der Waals surface area contributed by atoms with Crippen molar-refractivity contribution in [3.05, 3.63) is 53.7 Å². The van der Waals surface area contributed by atoms with Crippen molar-refractivity contribution in [1.29, 1.82) is 0 Å². The van der Waals surface area contributed by atoms with E-state index in [2.05, 4.69) is 15.3 Å². The third kappa shape index (κ3) is 6.48. The van der Waals surface area contributed by atoms with Gasteiger partial charge in [-0.15, -0.1) is 11.3 Å². The molecule has 17 heteroatoms. The summed E-state index contributed by atoms with van der Waals surface area (Å²) in [6, 6.07) is 0.992. The Morgan fingerprint density at radius 3 is 2.57 bits per heavy atom. The molecule has 0 aliphatic rings. The number of aromatic carboxylic acids is 1. The van der Waals surface area contributed by atoms with Gasteiger partial charge in [0.15, 0.2) is 29.8 Å². The highest BCUT2D eigenvalue weighted by Gasteiger charge is 2.24. The van der Waals surface area contributed by atoms with Crippen LogP contribution in [0.2, 0.25) is 0 Å². The highest BCUT2D eigenvalue weighted by atomic mass is 32.2. The number of aliphatic imine (C=N–C) groups is 1. The number of nitrogens with one attached hydrogen (secondary N) is 2. The van der Waals surface area contributed by atoms with Gasteiger partial charge in [-0.25, -0.2) is 41.1 Å². The van der Waals surface area contributed by atoms with E-state index in [4.69, 9.17) is 16.6 Å². The van der Waals surface area contributed by atoms with Gasteiger partial charge in [-0.1, -0.05) is 0 Å². The predicted octanol–water partition coefficient (Wildman–Crippen LogP) is -0.0786. The van der Waals surface area contributed by atoms with Crippen molar-refractivity contribution >= 4 is 49.9 Å². The molecule has 3 aromatic rings. The molecule has 0 bridgehead atoms. The van der Waals surface area contributed by atoms with E-state index in [1.807, 2.05) is 4.72 Å². The van der Waals surface area contributed by atoms with Gasteiger partial charge in [0.2, 0.25) is 6.33 Å². The van der Waals surface area contributed by atoms with Crippen molar-refractivity contribution in [2.45, 2.75) is 18.0 Å². The zero-order valence-electron chi connectivity index (χ0n) is 17.7. The predicted molar refractivity (Wildman–Crippen MR) is 120 cm³/mol. The van der Waals surface area contributed by atoms with Crippen LogP contribution in [0.1, 0.15) is 10.5 Å². The lowest BCUT2D eigenvalue weighted by atomic mass is 10.3. The standard InChI is InChI=1S/C18H18F2N8O5S2/c19-11-5-10(35(32,33)26-16-15(17(30)31)24-8-34-16)6-12(20)14(11)25-13(29)7-28-4-3-27(9-28)2-1-23-18(21)22/h3-6,8-9,26H,1-2,7H2,(H5-,21,22,23,25,29,30,31)/p+1. The average molecular weight is 530 g/mol. The molecule has 13 nitrogen and oxygen atoms in total. The quantitative estimate of drug-likeness (QED) is 0.136. The molecule has 186 valence electrons. The van der Waals surface area contributed by atoms with Crippen LogP contribution in [0, 0.1) is 11.6 Å². The van der Waals surface area contributed by atoms with Gasteiger partial charge < -0.3 is 21.9 Å². The third-order valence-electron chi connectivity index (χ3n) is 4.31. The minimum atomic E-state index is -4.56. The van der Waals surface area contributed by atoms with Crippen LogP contribution in [0.5, 0.6) is 0 Å². The monoisotopic (exact) mass is 529 g/mol. The number of carboxylic acid groups (broad SMARTS) is 1. The van der Waals surface area contributed by atoms with Gasteiger partial charge in [-0.2, -0.15) is 0 Å². The van der Waals surface area contributed by atoms with E-state index in [1.54, 1.807) is 23.3 Å². The number of carboxylic acids is 1. The second-order valence-electron chi connectivity index (χ2n) is 6.88. The molecule has 0 saturated heterocycles. The highest BCUT2D eigenvalue weighted by Crippen LogP contribution is 2.27. The Morgan fingerprint density at radius 1 is 1.26 bits per heavy atom. The van der Waals surface area contributed by atoms with Gasteiger partial charge in [0, 0.05) is 0 Å². The number of aromatic nitrogens is 3. The van der Waals surface area contributed by atoms with Crippen LogP contribution in [0.15, 0.2) is 46.3 Å². The Morgan fingerprint density at radius 2 is 1.94 bits per heavy atom. The Balaban J connectivity index is 1.70. The van der Waals surface area contributed by atoms with E-state index >= 15 is 0 Å². The number of carbonyl (C=O) groups is 2. The van der Waals surface area contributed by atoms with Crippen LogP contribution in [0.3, 0.4) is 0 Å². The van der Waals surface area contributed by atoms with Crippen LogP contribution < -0.4 is 26.1 Å². The largest absolute Gasteiger partial charge is 0.476 e. The summed E-state index contributed by atoms with van der Waals surface area (Å²) in [5, 5.41) is 10.8. The molecule has 0 unspecified atom stereocenters. The first-order valence-corrected chi connectivity index (χ1v) is 11.9. The van der Waals surface area contributed by atoms with E-state index < -0.39 is 49.8 Å². The van der Waals surface area contributed by atoms with Crippen molar-refractivity contribution in [2.75, 3.05) is 16.6 Å². The lowest BCUT2D eigenvalue weighted by Gasteiger charge is -2.11. The summed E-state index contributed by atoms with van der Waals surface area (Å²) in [6.45, 7) is 0.443. The molecular weight excluding hydrogens is 510 g/mol. The summed E-state index contributed by atoms with van der Waals surface area (Å²) in [5.41, 5.74) is 10.2. The fourth-order valence-electron chi connectivity index (χ4n) is 2.78. The molecular formula is C18H19F2N8O5S2+. The summed E-state index contributed by atoms with van der Waals surface area (Å²) < 4.78 is 59.1. The number of nitrogens with zero attached hydrogens (tertiary/aromatic N) is 4. The zero-order valence-corrected chi connectivity index (χ0v) is 19.3. The molecule has 0 spiro atoms. The summed E-state index contributed by atoms with van der Waals surface area (Å²) >= 11 is 0.679. The maximum Gasteiger partial charge on any atom is 0.357 e. The maximum atomic E-state index is 14.5. The number of anilines is 2. The van der Waals surface area contributed by atoms with Crippen LogP contribution >= 0.6 is 11.3 Å². The van der Waals surface area contributed by atoms with Gasteiger partial charge in [0.25, 0.3) is 15.9 Å². The molecule has 2 heterocycles. The number of rotatable bonds is 10. The van der Waals surface area contributed by atoms with Gasteiger partial charge >= 0.3 is 5.97 Å². The summed E-state index contributed by atoms with van der Waals surface area (Å²) in [6.07, 6.45) is 4.75. The Hall–Kier alpha value is -4.12. The molecule has 7 N–H and O–H groups in total. The fraction of sp³-hybridized carbons (Fsp3) is 0.167. The van der Waals surface area contributed by atoms with Crippen LogP contribution in [0.4, 0.5) is 19.5 Å². The second kappa shape index (κ2) is 10.4. The first-order valence-electron chi connectivity index (χ1n) is 9.55. The first-order chi connectivity index (χ1) is 16.5. The Labute approximate surface area is 200 Å². The second-order valence-corrected chi connectivity index (χ2v) is 9.42. The summed E-state index contributed by atoms with van der Waals surface area (Å²) in [5.74, 6) is -5.01. The average Bonchev–Trinajstić information content (AvgIpc) is 3.39. The lowest BCUT2D eigenvalue weighted by molar-refractivity contribution is -0.683. The normalized spacial score (nSPS) is 11.1. The van der Waals surface area contributed by atoms with E-state index in [0.29, 0.717) is 36.6 Å². The molecule has 0 fully saturated rings. The number of sulfonamides is 1. The molecule has 0 aliphatic carbocycles. The third-order valence-corrected chi connectivity index (χ3v) is 6.51. The highest BCUT2D eigenvalue weighted by molar-refractivity contribution is 7.93. The van der Waals surface area contributed by atoms with E-state index in [9.17, 15) is 26.8 Å². The van der Waals surface area contributed by atoms with Gasteiger partial charge in [0.1, 0.15) is 29.6 Å². The number of halogens is 2. The molecule has 35 heavy (non-hydrogen) atoms. The molecule has 3 rings (SSSR count).